The van der Waals surface area contributed by atoms with Gasteiger partial charge in [0.2, 0.25) is 6.29 Å². The highest BCUT2D eigenvalue weighted by atomic mass is 16.8. The second kappa shape index (κ2) is 11.3. The molecule has 0 saturated carbocycles. The molecule has 2 saturated heterocycles. The Hall–Kier alpha value is -2.98. The summed E-state index contributed by atoms with van der Waals surface area (Å²) in [7, 11) is 0. The van der Waals surface area contributed by atoms with Crippen LogP contribution in [0.4, 0.5) is 0 Å². The van der Waals surface area contributed by atoms with E-state index in [4.69, 9.17) is 23.7 Å². The minimum absolute atomic E-state index is 0.123. The van der Waals surface area contributed by atoms with Gasteiger partial charge in [0.15, 0.2) is 30.0 Å². The van der Waals surface area contributed by atoms with E-state index in [9.17, 15) is 40.9 Å². The Morgan fingerprint density at radius 3 is 2.36 bits per heavy atom. The summed E-state index contributed by atoms with van der Waals surface area (Å²) in [4.78, 5) is 0. The maximum absolute atomic E-state index is 10.9. The van der Waals surface area contributed by atoms with Crippen molar-refractivity contribution in [2.45, 2.75) is 61.4 Å². The van der Waals surface area contributed by atoms with Gasteiger partial charge < -0.3 is 64.5 Å². The van der Waals surface area contributed by atoms with Crippen molar-refractivity contribution < 1.29 is 64.5 Å². The fraction of sp³-hybridized carbons (Fsp3) is 0.462. The molecule has 2 fully saturated rings. The summed E-state index contributed by atoms with van der Waals surface area (Å²) in [6.45, 7) is -1.05. The summed E-state index contributed by atoms with van der Waals surface area (Å²) in [5, 5.41) is 81.1. The van der Waals surface area contributed by atoms with E-state index in [0.29, 0.717) is 16.9 Å². The average molecular weight is 551 g/mol. The van der Waals surface area contributed by atoms with Gasteiger partial charge >= 0.3 is 0 Å². The van der Waals surface area contributed by atoms with E-state index in [-0.39, 0.29) is 18.1 Å². The Balaban J connectivity index is 1.47. The second-order valence-corrected chi connectivity index (χ2v) is 9.51. The molecule has 3 heterocycles. The van der Waals surface area contributed by atoms with Crippen LogP contribution in [-0.2, 0) is 18.9 Å². The first kappa shape index (κ1) is 27.6. The molecule has 6 unspecified atom stereocenters. The number of ether oxygens (including phenoxy) is 5. The smallest absolute Gasteiger partial charge is 0.229 e. The first-order valence-corrected chi connectivity index (χ1v) is 12.3. The normalized spacial score (nSPS) is 36.4. The molecule has 0 spiro atoms. The average Bonchev–Trinajstić information content (AvgIpc) is 2.93. The molecule has 0 amide bonds. The molecule has 0 bridgehead atoms. The third-order valence-electron chi connectivity index (χ3n) is 6.84. The van der Waals surface area contributed by atoms with Gasteiger partial charge in [-0.05, 0) is 24.3 Å². The van der Waals surface area contributed by atoms with Crippen molar-refractivity contribution in [3.63, 3.8) is 0 Å². The highest BCUT2D eigenvalue weighted by Gasteiger charge is 2.50. The van der Waals surface area contributed by atoms with Crippen LogP contribution in [0.25, 0.3) is 6.08 Å². The van der Waals surface area contributed by atoms with Gasteiger partial charge in [-0.25, -0.2) is 0 Å². The standard InChI is InChI=1S/C26H30O13/c27-9-18-20(32)21(33)24(39-25-22(34)19(31)15(30)10-35-25)26(38-18)37-17-8-11-3-1-2-4-16(11)36-23(17)12-5-6-13(28)14(29)7-12/h1-8,15,18-34H,9-10H2/t15-,18-,19?,20+,21?,22?,23?,24?,25?,26-/m0/s1. The van der Waals surface area contributed by atoms with E-state index in [1.807, 2.05) is 0 Å². The molecule has 2 aromatic carbocycles. The van der Waals surface area contributed by atoms with Crippen molar-refractivity contribution in [2.24, 2.45) is 0 Å². The number of fused-ring (bicyclic) bond motifs is 1. The van der Waals surface area contributed by atoms with Gasteiger partial charge in [0.05, 0.1) is 13.2 Å². The van der Waals surface area contributed by atoms with E-state index >= 15 is 0 Å². The summed E-state index contributed by atoms with van der Waals surface area (Å²) in [5.41, 5.74) is 1.02. The fourth-order valence-electron chi connectivity index (χ4n) is 4.64. The number of hydrogen-bond acceptors (Lipinski definition) is 13. The molecule has 39 heavy (non-hydrogen) atoms. The monoisotopic (exact) mass is 550 g/mol. The first-order valence-electron chi connectivity index (χ1n) is 12.3. The van der Waals surface area contributed by atoms with Gasteiger partial charge in [-0.1, -0.05) is 24.3 Å². The van der Waals surface area contributed by atoms with Gasteiger partial charge in [-0.3, -0.25) is 0 Å². The minimum Gasteiger partial charge on any atom is -0.504 e. The largest absolute Gasteiger partial charge is 0.504 e. The second-order valence-electron chi connectivity index (χ2n) is 9.51. The number of benzene rings is 2. The topological polar surface area (TPSA) is 208 Å². The number of aliphatic hydroxyl groups is 6. The molecule has 10 atom stereocenters. The fourth-order valence-corrected chi connectivity index (χ4v) is 4.64. The Bertz CT molecular complexity index is 1190. The molecule has 212 valence electrons. The van der Waals surface area contributed by atoms with E-state index in [1.54, 1.807) is 30.3 Å². The third kappa shape index (κ3) is 5.41. The van der Waals surface area contributed by atoms with Crippen LogP contribution in [-0.4, -0.2) is 109 Å². The van der Waals surface area contributed by atoms with Gasteiger partial charge in [-0.2, -0.15) is 0 Å². The predicted molar refractivity (Wildman–Crippen MR) is 129 cm³/mol. The zero-order chi connectivity index (χ0) is 27.8. The molecule has 2 aromatic rings. The van der Waals surface area contributed by atoms with Crippen molar-refractivity contribution >= 4 is 6.08 Å². The van der Waals surface area contributed by atoms with Crippen molar-refractivity contribution in [1.82, 2.24) is 0 Å². The summed E-state index contributed by atoms with van der Waals surface area (Å²) in [5.74, 6) is -0.118. The zero-order valence-corrected chi connectivity index (χ0v) is 20.4. The van der Waals surface area contributed by atoms with Crippen LogP contribution in [0.1, 0.15) is 17.2 Å². The molecular weight excluding hydrogens is 520 g/mol. The van der Waals surface area contributed by atoms with Crippen LogP contribution in [0.5, 0.6) is 17.2 Å². The number of aliphatic hydroxyl groups excluding tert-OH is 6. The van der Waals surface area contributed by atoms with Crippen LogP contribution < -0.4 is 4.74 Å². The molecule has 3 aliphatic rings. The highest BCUT2D eigenvalue weighted by molar-refractivity contribution is 5.63. The summed E-state index contributed by atoms with van der Waals surface area (Å²) in [6.07, 6.45) is -13.1. The van der Waals surface area contributed by atoms with Crippen LogP contribution in [0.15, 0.2) is 48.2 Å². The Labute approximate surface area is 222 Å². The quantitative estimate of drug-likeness (QED) is 0.200. The van der Waals surface area contributed by atoms with Crippen molar-refractivity contribution in [3.8, 4) is 17.2 Å². The molecular formula is C26H30O13. The van der Waals surface area contributed by atoms with E-state index in [0.717, 1.165) is 0 Å². The molecule has 0 aliphatic carbocycles. The SMILES string of the molecule is OC[C@@H]1O[C@H](OC2=Cc3ccccc3OC2c2ccc(O)c(O)c2)C(OC2OC[C@H](O)C(O)C2O)C(O)[C@@H]1O. The summed E-state index contributed by atoms with van der Waals surface area (Å²) < 4.78 is 29.0. The first-order chi connectivity index (χ1) is 18.7. The van der Waals surface area contributed by atoms with Gasteiger partial charge in [0, 0.05) is 11.1 Å². The summed E-state index contributed by atoms with van der Waals surface area (Å²) >= 11 is 0. The molecule has 13 nitrogen and oxygen atoms in total. The maximum atomic E-state index is 10.9. The molecule has 3 aliphatic heterocycles. The molecule has 8 N–H and O–H groups in total. The van der Waals surface area contributed by atoms with Gasteiger partial charge in [0.1, 0.15) is 48.1 Å². The van der Waals surface area contributed by atoms with Gasteiger partial charge in [-0.15, -0.1) is 0 Å². The lowest BCUT2D eigenvalue weighted by Crippen LogP contribution is -2.63. The van der Waals surface area contributed by atoms with Crippen LogP contribution in [0, 0.1) is 0 Å². The molecule has 0 aromatic heterocycles. The molecule has 13 heteroatoms. The van der Waals surface area contributed by atoms with E-state index in [1.165, 1.54) is 18.2 Å². The zero-order valence-electron chi connectivity index (χ0n) is 20.4. The maximum Gasteiger partial charge on any atom is 0.229 e. The number of rotatable bonds is 6. The lowest BCUT2D eigenvalue weighted by molar-refractivity contribution is -0.352. The van der Waals surface area contributed by atoms with Crippen LogP contribution >= 0.6 is 0 Å². The van der Waals surface area contributed by atoms with Crippen LogP contribution in [0.2, 0.25) is 0 Å². The molecule has 0 radical (unpaired) electrons. The van der Waals surface area contributed by atoms with Crippen LogP contribution in [0.3, 0.4) is 0 Å². The number of para-hydroxylation sites is 1. The Morgan fingerprint density at radius 2 is 1.62 bits per heavy atom. The molecule has 5 rings (SSSR count). The van der Waals surface area contributed by atoms with Crippen molar-refractivity contribution in [1.29, 1.82) is 0 Å². The predicted octanol–water partition coefficient (Wildman–Crippen LogP) is -1.15. The summed E-state index contributed by atoms with van der Waals surface area (Å²) in [6, 6.07) is 11.1. The third-order valence-corrected chi connectivity index (χ3v) is 6.84. The highest BCUT2D eigenvalue weighted by Crippen LogP contribution is 2.41. The Morgan fingerprint density at radius 1 is 0.846 bits per heavy atom. The number of phenols is 2. The van der Waals surface area contributed by atoms with E-state index in [2.05, 4.69) is 0 Å². The minimum atomic E-state index is -1.70. The number of phenolic OH excluding ortho intramolecular Hbond substituents is 2. The Kier molecular flexibility index (Phi) is 7.96. The van der Waals surface area contributed by atoms with Gasteiger partial charge in [0.25, 0.3) is 0 Å². The number of hydrogen-bond donors (Lipinski definition) is 8. The van der Waals surface area contributed by atoms with Crippen molar-refractivity contribution in [3.05, 3.63) is 59.4 Å². The number of aromatic hydroxyl groups is 2. The van der Waals surface area contributed by atoms with E-state index < -0.39 is 73.8 Å². The lowest BCUT2D eigenvalue weighted by atomic mass is 9.98. The lowest BCUT2D eigenvalue weighted by Gasteiger charge is -2.45. The van der Waals surface area contributed by atoms with Crippen molar-refractivity contribution in [2.75, 3.05) is 13.2 Å².